The molecule has 8 nitrogen and oxygen atoms in total. The summed E-state index contributed by atoms with van der Waals surface area (Å²) in [6.07, 6.45) is -9.17. The number of carbonyl (C=O) groups is 3. The minimum atomic E-state index is -5.08. The van der Waals surface area contributed by atoms with E-state index in [0.717, 1.165) is 26.1 Å². The van der Waals surface area contributed by atoms with Gasteiger partial charge in [-0.25, -0.2) is 9.59 Å². The van der Waals surface area contributed by atoms with Gasteiger partial charge in [-0.15, -0.1) is 11.3 Å². The van der Waals surface area contributed by atoms with E-state index >= 15 is 0 Å². The maximum atomic E-state index is 11.9. The van der Waals surface area contributed by atoms with E-state index in [1.165, 1.54) is 9.75 Å². The molecule has 0 aliphatic carbocycles. The summed E-state index contributed by atoms with van der Waals surface area (Å²) in [6.45, 7) is 5.43. The molecule has 2 fully saturated rings. The summed E-state index contributed by atoms with van der Waals surface area (Å²) >= 11 is 1.89. The summed E-state index contributed by atoms with van der Waals surface area (Å²) < 4.78 is 63.5. The minimum absolute atomic E-state index is 0.0705. The number of aliphatic carboxylic acids is 2. The fraction of sp³-hybridized carbons (Fsp3) is 0.632. The van der Waals surface area contributed by atoms with Gasteiger partial charge in [0.2, 0.25) is 5.91 Å². The molecule has 3 N–H and O–H groups in total. The van der Waals surface area contributed by atoms with E-state index < -0.39 is 24.3 Å². The van der Waals surface area contributed by atoms with Gasteiger partial charge in [0.1, 0.15) is 0 Å². The van der Waals surface area contributed by atoms with Crippen LogP contribution in [0.5, 0.6) is 0 Å². The number of likely N-dealkylation sites (N-methyl/N-ethyl adjacent to an activating group) is 2. The van der Waals surface area contributed by atoms with Crippen molar-refractivity contribution in [3.63, 3.8) is 0 Å². The number of halogens is 6. The highest BCUT2D eigenvalue weighted by molar-refractivity contribution is 7.11. The first-order chi connectivity index (χ1) is 15.5. The van der Waals surface area contributed by atoms with Gasteiger partial charge in [0, 0.05) is 42.5 Å². The third-order valence-electron chi connectivity index (χ3n) is 5.23. The van der Waals surface area contributed by atoms with Crippen LogP contribution in [0.4, 0.5) is 26.3 Å². The van der Waals surface area contributed by atoms with Gasteiger partial charge in [-0.1, -0.05) is 0 Å². The molecule has 2 saturated heterocycles. The lowest BCUT2D eigenvalue weighted by molar-refractivity contribution is -0.193. The van der Waals surface area contributed by atoms with Gasteiger partial charge in [-0.05, 0) is 38.4 Å². The zero-order chi connectivity index (χ0) is 26.4. The quantitative estimate of drug-likeness (QED) is 0.525. The fourth-order valence-corrected chi connectivity index (χ4v) is 4.63. The zero-order valence-electron chi connectivity index (χ0n) is 18.4. The van der Waals surface area contributed by atoms with Crippen molar-refractivity contribution in [1.82, 2.24) is 15.1 Å². The van der Waals surface area contributed by atoms with E-state index in [2.05, 4.69) is 41.2 Å². The molecule has 0 saturated carbocycles. The molecule has 3 heterocycles. The number of thiophene rings is 1. The molecule has 1 amide bonds. The average molecular weight is 521 g/mol. The highest BCUT2D eigenvalue weighted by Crippen LogP contribution is 2.35. The number of carboxylic acids is 2. The number of hydrogen-bond donors (Lipinski definition) is 3. The Morgan fingerprint density at radius 2 is 1.56 bits per heavy atom. The number of nitrogens with zero attached hydrogens (tertiary/aromatic N) is 2. The second-order valence-electron chi connectivity index (χ2n) is 7.67. The zero-order valence-corrected chi connectivity index (χ0v) is 19.2. The normalized spacial score (nSPS) is 22.7. The van der Waals surface area contributed by atoms with E-state index in [9.17, 15) is 31.1 Å². The Morgan fingerprint density at radius 3 is 1.91 bits per heavy atom. The first-order valence-electron chi connectivity index (χ1n) is 9.78. The molecular formula is C19H25F6N3O5S. The molecule has 2 aliphatic heterocycles. The Kier molecular flexibility index (Phi) is 10.3. The van der Waals surface area contributed by atoms with Gasteiger partial charge in [-0.2, -0.15) is 26.3 Å². The molecule has 0 spiro atoms. The van der Waals surface area contributed by atoms with Crippen molar-refractivity contribution in [3.8, 4) is 0 Å². The number of hydrogen-bond acceptors (Lipinski definition) is 6. The van der Waals surface area contributed by atoms with Gasteiger partial charge >= 0.3 is 24.3 Å². The molecule has 0 unspecified atom stereocenters. The van der Waals surface area contributed by atoms with Gasteiger partial charge < -0.3 is 15.5 Å². The summed E-state index contributed by atoms with van der Waals surface area (Å²) in [5, 5.41) is 17.0. The Morgan fingerprint density at radius 1 is 1.06 bits per heavy atom. The van der Waals surface area contributed by atoms with E-state index in [0.29, 0.717) is 12.0 Å². The topological polar surface area (TPSA) is 110 Å². The average Bonchev–Trinajstić information content (AvgIpc) is 3.37. The second-order valence-corrected chi connectivity index (χ2v) is 9.04. The van der Waals surface area contributed by atoms with Crippen LogP contribution in [0, 0.1) is 12.8 Å². The van der Waals surface area contributed by atoms with Crippen LogP contribution in [0.25, 0.3) is 0 Å². The largest absolute Gasteiger partial charge is 0.490 e. The number of alkyl halides is 6. The molecule has 3 rings (SSSR count). The molecule has 0 radical (unpaired) electrons. The number of carboxylic acid groups (broad SMARTS) is 2. The van der Waals surface area contributed by atoms with Crippen molar-refractivity contribution in [2.45, 2.75) is 44.3 Å². The third-order valence-corrected chi connectivity index (χ3v) is 6.22. The number of amides is 1. The number of nitrogens with one attached hydrogen (secondary N) is 1. The van der Waals surface area contributed by atoms with E-state index in [1.807, 2.05) is 11.3 Å². The van der Waals surface area contributed by atoms with Crippen molar-refractivity contribution in [3.05, 3.63) is 21.9 Å². The molecule has 0 bridgehead atoms. The molecule has 1 aromatic rings. The van der Waals surface area contributed by atoms with Crippen molar-refractivity contribution >= 4 is 29.2 Å². The number of rotatable bonds is 3. The van der Waals surface area contributed by atoms with Crippen LogP contribution in [0.1, 0.15) is 16.2 Å². The maximum Gasteiger partial charge on any atom is 0.490 e. The number of aryl methyl sites for hydroxylation is 1. The van der Waals surface area contributed by atoms with Gasteiger partial charge in [-0.3, -0.25) is 14.6 Å². The smallest absolute Gasteiger partial charge is 0.475 e. The monoisotopic (exact) mass is 521 g/mol. The van der Waals surface area contributed by atoms with Crippen LogP contribution in [0.2, 0.25) is 0 Å². The summed E-state index contributed by atoms with van der Waals surface area (Å²) in [7, 11) is 3.83. The van der Waals surface area contributed by atoms with Gasteiger partial charge in [0.15, 0.2) is 0 Å². The van der Waals surface area contributed by atoms with E-state index in [1.54, 1.807) is 7.05 Å². The lowest BCUT2D eigenvalue weighted by Gasteiger charge is -2.25. The van der Waals surface area contributed by atoms with Crippen molar-refractivity contribution in [1.29, 1.82) is 0 Å². The lowest BCUT2D eigenvalue weighted by Crippen LogP contribution is -2.44. The van der Waals surface area contributed by atoms with Crippen LogP contribution < -0.4 is 5.32 Å². The molecular weight excluding hydrogens is 496 g/mol. The first kappa shape index (κ1) is 29.6. The summed E-state index contributed by atoms with van der Waals surface area (Å²) in [6, 6.07) is 5.05. The van der Waals surface area contributed by atoms with Crippen molar-refractivity contribution < 1.29 is 50.9 Å². The van der Waals surface area contributed by atoms with Crippen LogP contribution in [-0.4, -0.2) is 89.5 Å². The highest BCUT2D eigenvalue weighted by Gasteiger charge is 2.46. The SMILES string of the molecule is CNC(=O)[C@H]1C[C@@H]2CN(Cc3ccc(C)s3)C[C@@H]2N1C.O=C(O)C(F)(F)F.O=C(O)C(F)(F)F. The van der Waals surface area contributed by atoms with Crippen LogP contribution in [-0.2, 0) is 20.9 Å². The summed E-state index contributed by atoms with van der Waals surface area (Å²) in [4.78, 5) is 37.3. The molecule has 34 heavy (non-hydrogen) atoms. The Hall–Kier alpha value is -2.39. The standard InChI is InChI=1S/C15H23N3OS.2C2HF3O2/c1-10-4-5-12(20-10)8-18-7-11-6-13(15(19)16-2)17(3)14(11)9-18;2*3-2(4,5)1(6)7/h4-5,11,13-14H,6-9H2,1-3H3,(H,16,19);2*(H,6,7)/t11-,13-,14+;;/m1../s1. The predicted molar refractivity (Wildman–Crippen MR) is 109 cm³/mol. The third kappa shape index (κ3) is 8.76. The van der Waals surface area contributed by atoms with E-state index in [-0.39, 0.29) is 11.9 Å². The van der Waals surface area contributed by atoms with Crippen LogP contribution >= 0.6 is 11.3 Å². The first-order valence-corrected chi connectivity index (χ1v) is 10.6. The van der Waals surface area contributed by atoms with E-state index in [4.69, 9.17) is 19.8 Å². The van der Waals surface area contributed by atoms with Crippen molar-refractivity contribution in [2.24, 2.45) is 5.92 Å². The predicted octanol–water partition coefficient (Wildman–Crippen LogP) is 2.57. The Balaban J connectivity index is 0.000000343. The van der Waals surface area contributed by atoms with Crippen LogP contribution in [0.3, 0.4) is 0 Å². The Bertz CT molecular complexity index is 836. The van der Waals surface area contributed by atoms with Crippen LogP contribution in [0.15, 0.2) is 12.1 Å². The highest BCUT2D eigenvalue weighted by atomic mass is 32.1. The van der Waals surface area contributed by atoms with Crippen molar-refractivity contribution in [2.75, 3.05) is 27.2 Å². The number of fused-ring (bicyclic) bond motifs is 1. The molecule has 0 aromatic carbocycles. The molecule has 2 aliphatic rings. The second kappa shape index (κ2) is 11.8. The number of carbonyl (C=O) groups excluding carboxylic acids is 1. The molecule has 15 heteroatoms. The summed E-state index contributed by atoms with van der Waals surface area (Å²) in [5.41, 5.74) is 0. The molecule has 194 valence electrons. The van der Waals surface area contributed by atoms with Gasteiger partial charge in [0.25, 0.3) is 0 Å². The fourth-order valence-electron chi connectivity index (χ4n) is 3.70. The minimum Gasteiger partial charge on any atom is -0.475 e. The maximum absolute atomic E-state index is 11.9. The molecule has 3 atom stereocenters. The van der Waals surface area contributed by atoms with Gasteiger partial charge in [0.05, 0.1) is 6.04 Å². The number of likely N-dealkylation sites (tertiary alicyclic amines) is 2. The molecule has 1 aromatic heterocycles. The lowest BCUT2D eigenvalue weighted by atomic mass is 10.0. The Labute approximate surface area is 195 Å². The summed E-state index contributed by atoms with van der Waals surface area (Å²) in [5.74, 6) is -4.70.